The van der Waals surface area contributed by atoms with E-state index in [1.807, 2.05) is 0 Å². The van der Waals surface area contributed by atoms with Gasteiger partial charge < -0.3 is 10.6 Å². The van der Waals surface area contributed by atoms with E-state index in [1.54, 1.807) is 24.3 Å². The van der Waals surface area contributed by atoms with Crippen molar-refractivity contribution in [1.82, 2.24) is 5.32 Å². The van der Waals surface area contributed by atoms with Crippen molar-refractivity contribution >= 4 is 50.5 Å². The largest absolute Gasteiger partial charge is 0.348 e. The number of halogens is 2. The van der Waals surface area contributed by atoms with Crippen molar-refractivity contribution in [3.63, 3.8) is 0 Å². The van der Waals surface area contributed by atoms with E-state index < -0.39 is 9.84 Å². The number of hydrogen-bond acceptors (Lipinski definition) is 4. The molecular formula is C18H16Cl2N2O4S. The highest BCUT2D eigenvalue weighted by atomic mass is 35.5. The van der Waals surface area contributed by atoms with Crippen LogP contribution >= 0.6 is 23.2 Å². The Hall–Kier alpha value is -2.09. The molecule has 1 aliphatic rings. The van der Waals surface area contributed by atoms with Crippen molar-refractivity contribution in [2.45, 2.75) is 12.5 Å². The van der Waals surface area contributed by atoms with E-state index in [4.69, 9.17) is 23.2 Å². The SMILES string of the molecule is O=C(Nc1ccc(C(=O)NC2CCS(=O)(=O)C2)cc1)c1cc(Cl)cc(Cl)c1. The molecule has 142 valence electrons. The molecule has 0 spiro atoms. The first-order chi connectivity index (χ1) is 12.7. The number of nitrogens with one attached hydrogen (secondary N) is 2. The average Bonchev–Trinajstić information content (AvgIpc) is 2.93. The molecule has 1 heterocycles. The Labute approximate surface area is 166 Å². The molecule has 1 aliphatic heterocycles. The number of amides is 2. The summed E-state index contributed by atoms with van der Waals surface area (Å²) in [6.07, 6.45) is 0.421. The van der Waals surface area contributed by atoms with Gasteiger partial charge in [0, 0.05) is 32.9 Å². The van der Waals surface area contributed by atoms with Crippen molar-refractivity contribution in [2.24, 2.45) is 0 Å². The Morgan fingerprint density at radius 1 is 0.926 bits per heavy atom. The lowest BCUT2D eigenvalue weighted by atomic mass is 10.1. The van der Waals surface area contributed by atoms with E-state index in [-0.39, 0.29) is 29.4 Å². The van der Waals surface area contributed by atoms with Crippen molar-refractivity contribution in [3.8, 4) is 0 Å². The Kier molecular flexibility index (Phi) is 5.74. The molecule has 2 aromatic carbocycles. The van der Waals surface area contributed by atoms with E-state index in [0.717, 1.165) is 0 Å². The number of carbonyl (C=O) groups excluding carboxylic acids is 2. The lowest BCUT2D eigenvalue weighted by Gasteiger charge is -2.11. The van der Waals surface area contributed by atoms with Crippen LogP contribution in [-0.2, 0) is 9.84 Å². The molecule has 6 nitrogen and oxygen atoms in total. The summed E-state index contributed by atoms with van der Waals surface area (Å²) in [5.41, 5.74) is 1.19. The fourth-order valence-corrected chi connectivity index (χ4v) is 4.97. The fraction of sp³-hybridized carbons (Fsp3) is 0.222. The summed E-state index contributed by atoms with van der Waals surface area (Å²) < 4.78 is 22.9. The van der Waals surface area contributed by atoms with Crippen LogP contribution < -0.4 is 10.6 Å². The van der Waals surface area contributed by atoms with Crippen LogP contribution in [0.4, 0.5) is 5.69 Å². The number of benzene rings is 2. The van der Waals surface area contributed by atoms with Gasteiger partial charge >= 0.3 is 0 Å². The van der Waals surface area contributed by atoms with Gasteiger partial charge in [-0.25, -0.2) is 8.42 Å². The zero-order valence-electron chi connectivity index (χ0n) is 14.0. The summed E-state index contributed by atoms with van der Waals surface area (Å²) in [5.74, 6) is -0.671. The summed E-state index contributed by atoms with van der Waals surface area (Å²) in [6.45, 7) is 0. The van der Waals surface area contributed by atoms with Crippen molar-refractivity contribution in [2.75, 3.05) is 16.8 Å². The normalized spacial score (nSPS) is 18.1. The van der Waals surface area contributed by atoms with Crippen LogP contribution in [0.15, 0.2) is 42.5 Å². The average molecular weight is 427 g/mol. The van der Waals surface area contributed by atoms with Gasteiger partial charge in [0.2, 0.25) is 0 Å². The molecule has 0 bridgehead atoms. The molecule has 2 N–H and O–H groups in total. The zero-order valence-corrected chi connectivity index (χ0v) is 16.4. The van der Waals surface area contributed by atoms with Crippen molar-refractivity contribution in [3.05, 3.63) is 63.6 Å². The summed E-state index contributed by atoms with van der Waals surface area (Å²) in [7, 11) is -3.06. The topological polar surface area (TPSA) is 92.3 Å². The van der Waals surface area contributed by atoms with E-state index in [2.05, 4.69) is 10.6 Å². The number of anilines is 1. The smallest absolute Gasteiger partial charge is 0.255 e. The van der Waals surface area contributed by atoms with Crippen molar-refractivity contribution < 1.29 is 18.0 Å². The Bertz CT molecular complexity index is 971. The summed E-state index contributed by atoms with van der Waals surface area (Å²) in [5, 5.41) is 6.12. The molecule has 0 radical (unpaired) electrons. The van der Waals surface area contributed by atoms with E-state index in [1.165, 1.54) is 18.2 Å². The van der Waals surface area contributed by atoms with Crippen LogP contribution in [0.25, 0.3) is 0 Å². The van der Waals surface area contributed by atoms with E-state index in [0.29, 0.717) is 33.3 Å². The number of hydrogen-bond donors (Lipinski definition) is 2. The van der Waals surface area contributed by atoms with Gasteiger partial charge in [-0.15, -0.1) is 0 Å². The zero-order chi connectivity index (χ0) is 19.6. The van der Waals surface area contributed by atoms with Gasteiger partial charge in [0.15, 0.2) is 9.84 Å². The maximum Gasteiger partial charge on any atom is 0.255 e. The molecule has 1 fully saturated rings. The predicted octanol–water partition coefficient (Wildman–Crippen LogP) is 3.16. The van der Waals surface area contributed by atoms with Gasteiger partial charge in [0.1, 0.15) is 0 Å². The van der Waals surface area contributed by atoms with Gasteiger partial charge in [-0.2, -0.15) is 0 Å². The maximum atomic E-state index is 12.3. The second-order valence-electron chi connectivity index (χ2n) is 6.26. The highest BCUT2D eigenvalue weighted by Crippen LogP contribution is 2.20. The first-order valence-corrected chi connectivity index (χ1v) is 10.7. The number of carbonyl (C=O) groups is 2. The van der Waals surface area contributed by atoms with Crippen LogP contribution in [0.2, 0.25) is 10.0 Å². The molecule has 1 saturated heterocycles. The maximum absolute atomic E-state index is 12.3. The number of sulfone groups is 1. The third-order valence-corrected chi connectivity index (χ3v) is 6.30. The molecule has 2 amide bonds. The van der Waals surface area contributed by atoms with Crippen LogP contribution in [-0.4, -0.2) is 37.8 Å². The van der Waals surface area contributed by atoms with Crippen LogP contribution in [0.1, 0.15) is 27.1 Å². The van der Waals surface area contributed by atoms with E-state index in [9.17, 15) is 18.0 Å². The fourth-order valence-electron chi connectivity index (χ4n) is 2.77. The lowest BCUT2D eigenvalue weighted by molar-refractivity contribution is 0.0940. The van der Waals surface area contributed by atoms with Gasteiger partial charge in [-0.05, 0) is 48.9 Å². The van der Waals surface area contributed by atoms with Gasteiger partial charge in [0.25, 0.3) is 11.8 Å². The van der Waals surface area contributed by atoms with Crippen LogP contribution in [0.5, 0.6) is 0 Å². The Morgan fingerprint density at radius 3 is 2.11 bits per heavy atom. The highest BCUT2D eigenvalue weighted by Gasteiger charge is 2.29. The van der Waals surface area contributed by atoms with Crippen LogP contribution in [0, 0.1) is 0 Å². The quantitative estimate of drug-likeness (QED) is 0.784. The summed E-state index contributed by atoms with van der Waals surface area (Å²) >= 11 is 11.8. The predicted molar refractivity (Wildman–Crippen MR) is 105 cm³/mol. The minimum Gasteiger partial charge on any atom is -0.348 e. The molecule has 0 aromatic heterocycles. The van der Waals surface area contributed by atoms with E-state index >= 15 is 0 Å². The first-order valence-electron chi connectivity index (χ1n) is 8.11. The first kappa shape index (κ1) is 19.7. The summed E-state index contributed by atoms with van der Waals surface area (Å²) in [4.78, 5) is 24.5. The monoisotopic (exact) mass is 426 g/mol. The molecular weight excluding hydrogens is 411 g/mol. The molecule has 3 rings (SSSR count). The van der Waals surface area contributed by atoms with Crippen LogP contribution in [0.3, 0.4) is 0 Å². The molecule has 1 atom stereocenters. The molecule has 0 aliphatic carbocycles. The van der Waals surface area contributed by atoms with Gasteiger partial charge in [0.05, 0.1) is 11.5 Å². The Balaban J connectivity index is 1.63. The molecule has 1 unspecified atom stereocenters. The summed E-state index contributed by atoms with van der Waals surface area (Å²) in [6, 6.07) is 10.4. The molecule has 9 heteroatoms. The minimum atomic E-state index is -3.06. The lowest BCUT2D eigenvalue weighted by Crippen LogP contribution is -2.35. The third kappa shape index (κ3) is 5.22. The Morgan fingerprint density at radius 2 is 1.56 bits per heavy atom. The molecule has 2 aromatic rings. The second kappa shape index (κ2) is 7.88. The van der Waals surface area contributed by atoms with Gasteiger partial charge in [-0.3, -0.25) is 9.59 Å². The molecule has 0 saturated carbocycles. The highest BCUT2D eigenvalue weighted by molar-refractivity contribution is 7.91. The number of rotatable bonds is 4. The third-order valence-electron chi connectivity index (χ3n) is 4.10. The minimum absolute atomic E-state index is 0.0327. The second-order valence-corrected chi connectivity index (χ2v) is 9.36. The van der Waals surface area contributed by atoms with Gasteiger partial charge in [-0.1, -0.05) is 23.2 Å². The molecule has 27 heavy (non-hydrogen) atoms. The standard InChI is InChI=1S/C18H16Cl2N2O4S/c19-13-7-12(8-14(20)9-13)18(24)21-15-3-1-11(2-4-15)17(23)22-16-5-6-27(25,26)10-16/h1-4,7-9,16H,5-6,10H2,(H,21,24)(H,22,23). The van der Waals surface area contributed by atoms with Crippen molar-refractivity contribution in [1.29, 1.82) is 0 Å².